The van der Waals surface area contributed by atoms with Crippen LogP contribution in [0.3, 0.4) is 0 Å². The summed E-state index contributed by atoms with van der Waals surface area (Å²) >= 11 is 4.25. The first-order chi connectivity index (χ1) is 6.41. The highest BCUT2D eigenvalue weighted by Crippen LogP contribution is 2.27. The third kappa shape index (κ3) is 9.26. The monoisotopic (exact) mass is 234 g/mol. The molecular weight excluding hydrogens is 208 g/mol. The molecule has 0 nitrogen and oxygen atoms in total. The zero-order valence-electron chi connectivity index (χ0n) is 10.5. The van der Waals surface area contributed by atoms with Crippen molar-refractivity contribution in [1.29, 1.82) is 0 Å². The molecule has 1 unspecified atom stereocenters. The van der Waals surface area contributed by atoms with E-state index in [1.807, 2.05) is 0 Å². The zero-order valence-corrected chi connectivity index (χ0v) is 12.2. The van der Waals surface area contributed by atoms with Crippen LogP contribution >= 0.6 is 23.5 Å². The molecule has 0 aliphatic carbocycles. The second-order valence-electron chi connectivity index (χ2n) is 4.82. The van der Waals surface area contributed by atoms with Crippen LogP contribution < -0.4 is 0 Å². The van der Waals surface area contributed by atoms with E-state index in [9.17, 15) is 0 Å². The van der Waals surface area contributed by atoms with Crippen molar-refractivity contribution in [3.05, 3.63) is 0 Å². The molecule has 0 aromatic heterocycles. The summed E-state index contributed by atoms with van der Waals surface area (Å²) in [5.41, 5.74) is 0. The molecule has 0 radical (unpaired) electrons. The van der Waals surface area contributed by atoms with E-state index in [-0.39, 0.29) is 0 Å². The summed E-state index contributed by atoms with van der Waals surface area (Å²) in [6.45, 7) is 13.8. The molecule has 0 aliphatic heterocycles. The average molecular weight is 234 g/mol. The zero-order chi connectivity index (χ0) is 11.1. The fourth-order valence-corrected chi connectivity index (χ4v) is 3.92. The lowest BCUT2D eigenvalue weighted by Crippen LogP contribution is -2.14. The van der Waals surface area contributed by atoms with E-state index in [1.165, 1.54) is 12.2 Å². The van der Waals surface area contributed by atoms with Gasteiger partial charge in [-0.2, -0.15) is 23.5 Å². The lowest BCUT2D eigenvalue weighted by Gasteiger charge is -2.21. The molecule has 14 heavy (non-hydrogen) atoms. The number of rotatable bonds is 7. The molecule has 0 amide bonds. The molecule has 0 heterocycles. The van der Waals surface area contributed by atoms with Gasteiger partial charge in [0.05, 0.1) is 0 Å². The standard InChI is InChI=1S/C12H26S2/c1-9(2)7-12(14-11(5)6)8-13-10(3)4/h9-12H,7-8H2,1-6H3. The number of thioether (sulfide) groups is 2. The highest BCUT2D eigenvalue weighted by Gasteiger charge is 2.13. The Morgan fingerprint density at radius 3 is 1.79 bits per heavy atom. The smallest absolute Gasteiger partial charge is 0.0143 e. The molecule has 0 aromatic carbocycles. The molecule has 86 valence electrons. The fourth-order valence-electron chi connectivity index (χ4n) is 1.37. The first-order valence-corrected chi connectivity index (χ1v) is 7.68. The lowest BCUT2D eigenvalue weighted by molar-refractivity contribution is 0.587. The maximum Gasteiger partial charge on any atom is 0.0143 e. The summed E-state index contributed by atoms with van der Waals surface area (Å²) in [4.78, 5) is 0. The van der Waals surface area contributed by atoms with Gasteiger partial charge in [-0.15, -0.1) is 0 Å². The lowest BCUT2D eigenvalue weighted by atomic mass is 10.1. The molecule has 0 rings (SSSR count). The molecule has 0 bridgehead atoms. The summed E-state index contributed by atoms with van der Waals surface area (Å²) in [6, 6.07) is 0. The Hall–Kier alpha value is 0.700. The molecule has 2 heteroatoms. The van der Waals surface area contributed by atoms with Crippen molar-refractivity contribution in [1.82, 2.24) is 0 Å². The maximum absolute atomic E-state index is 2.33. The molecule has 0 aromatic rings. The third-order valence-corrected chi connectivity index (χ3v) is 4.58. The van der Waals surface area contributed by atoms with Crippen LogP contribution in [0, 0.1) is 5.92 Å². The molecule has 0 saturated heterocycles. The second-order valence-corrected chi connectivity index (χ2v) is 8.31. The van der Waals surface area contributed by atoms with Gasteiger partial charge in [-0.3, -0.25) is 0 Å². The van der Waals surface area contributed by atoms with Crippen molar-refractivity contribution >= 4 is 23.5 Å². The Labute approximate surface area is 99.0 Å². The van der Waals surface area contributed by atoms with Gasteiger partial charge in [-0.25, -0.2) is 0 Å². The summed E-state index contributed by atoms with van der Waals surface area (Å²) in [5.74, 6) is 2.15. The van der Waals surface area contributed by atoms with Gasteiger partial charge < -0.3 is 0 Å². The van der Waals surface area contributed by atoms with Crippen molar-refractivity contribution in [2.75, 3.05) is 5.75 Å². The fraction of sp³-hybridized carbons (Fsp3) is 1.00. The first kappa shape index (κ1) is 14.7. The van der Waals surface area contributed by atoms with E-state index in [0.717, 1.165) is 21.7 Å². The van der Waals surface area contributed by atoms with E-state index < -0.39 is 0 Å². The van der Waals surface area contributed by atoms with Crippen LogP contribution in [0.5, 0.6) is 0 Å². The van der Waals surface area contributed by atoms with E-state index in [0.29, 0.717) is 0 Å². The highest BCUT2D eigenvalue weighted by atomic mass is 32.2. The van der Waals surface area contributed by atoms with Crippen LogP contribution in [0.2, 0.25) is 0 Å². The highest BCUT2D eigenvalue weighted by molar-refractivity contribution is 8.03. The van der Waals surface area contributed by atoms with Gasteiger partial charge in [0.25, 0.3) is 0 Å². The number of hydrogen-bond donors (Lipinski definition) is 0. The quantitative estimate of drug-likeness (QED) is 0.627. The van der Waals surface area contributed by atoms with Gasteiger partial charge in [0, 0.05) is 11.0 Å². The van der Waals surface area contributed by atoms with Crippen molar-refractivity contribution in [3.8, 4) is 0 Å². The Morgan fingerprint density at radius 1 is 0.857 bits per heavy atom. The van der Waals surface area contributed by atoms with Crippen LogP contribution in [0.15, 0.2) is 0 Å². The third-order valence-electron chi connectivity index (χ3n) is 1.81. The summed E-state index contributed by atoms with van der Waals surface area (Å²) in [6.07, 6.45) is 1.36. The van der Waals surface area contributed by atoms with Gasteiger partial charge >= 0.3 is 0 Å². The topological polar surface area (TPSA) is 0 Å². The Bertz CT molecular complexity index is 120. The van der Waals surface area contributed by atoms with Gasteiger partial charge in [0.2, 0.25) is 0 Å². The minimum atomic E-state index is 0.770. The average Bonchev–Trinajstić information content (AvgIpc) is 1.97. The van der Waals surface area contributed by atoms with Gasteiger partial charge in [0.15, 0.2) is 0 Å². The van der Waals surface area contributed by atoms with Crippen molar-refractivity contribution in [2.45, 2.75) is 63.7 Å². The molecular formula is C12H26S2. The van der Waals surface area contributed by atoms with Crippen molar-refractivity contribution in [2.24, 2.45) is 5.92 Å². The minimum Gasteiger partial charge on any atom is -0.158 e. The van der Waals surface area contributed by atoms with Crippen LogP contribution in [0.4, 0.5) is 0 Å². The van der Waals surface area contributed by atoms with E-state index in [1.54, 1.807) is 0 Å². The molecule has 0 saturated carbocycles. The summed E-state index contributed by atoms with van der Waals surface area (Å²) in [7, 11) is 0. The van der Waals surface area contributed by atoms with E-state index in [4.69, 9.17) is 0 Å². The first-order valence-electron chi connectivity index (χ1n) is 5.68. The molecule has 1 atom stereocenters. The molecule has 0 spiro atoms. The second kappa shape index (κ2) is 7.92. The van der Waals surface area contributed by atoms with Crippen LogP contribution in [-0.4, -0.2) is 21.5 Å². The van der Waals surface area contributed by atoms with E-state index in [2.05, 4.69) is 65.1 Å². The minimum absolute atomic E-state index is 0.770. The van der Waals surface area contributed by atoms with Gasteiger partial charge in [-0.1, -0.05) is 41.5 Å². The molecule has 0 fully saturated rings. The molecule has 0 aliphatic rings. The van der Waals surface area contributed by atoms with Gasteiger partial charge in [0.1, 0.15) is 0 Å². The maximum atomic E-state index is 2.33. The predicted octanol–water partition coefficient (Wildman–Crippen LogP) is 4.68. The largest absolute Gasteiger partial charge is 0.158 e. The Balaban J connectivity index is 3.84. The van der Waals surface area contributed by atoms with Crippen molar-refractivity contribution < 1.29 is 0 Å². The normalized spacial score (nSPS) is 14.4. The van der Waals surface area contributed by atoms with Crippen LogP contribution in [0.25, 0.3) is 0 Å². The van der Waals surface area contributed by atoms with Crippen molar-refractivity contribution in [3.63, 3.8) is 0 Å². The Morgan fingerprint density at radius 2 is 1.43 bits per heavy atom. The van der Waals surface area contributed by atoms with Crippen LogP contribution in [0.1, 0.15) is 48.0 Å². The van der Waals surface area contributed by atoms with E-state index >= 15 is 0 Å². The van der Waals surface area contributed by atoms with Crippen LogP contribution in [-0.2, 0) is 0 Å². The summed E-state index contributed by atoms with van der Waals surface area (Å²) in [5, 5.41) is 2.39. The Kier molecular flexibility index (Phi) is 8.32. The molecule has 0 N–H and O–H groups in total. The van der Waals surface area contributed by atoms with Gasteiger partial charge in [-0.05, 0) is 22.8 Å². The SMILES string of the molecule is CC(C)CC(CSC(C)C)SC(C)C. The number of hydrogen-bond acceptors (Lipinski definition) is 2. The summed E-state index contributed by atoms with van der Waals surface area (Å²) < 4.78 is 0. The predicted molar refractivity (Wildman–Crippen MR) is 73.6 cm³/mol.